The highest BCUT2D eigenvalue weighted by atomic mass is 16.3. The molecule has 0 saturated heterocycles. The molecule has 2 nitrogen and oxygen atoms in total. The van der Waals surface area contributed by atoms with E-state index in [1.165, 1.54) is 38.0 Å². The van der Waals surface area contributed by atoms with Gasteiger partial charge in [0.25, 0.3) is 0 Å². The normalized spacial score (nSPS) is 34.3. The molecular formula is C13H19NO. The van der Waals surface area contributed by atoms with Gasteiger partial charge >= 0.3 is 0 Å². The summed E-state index contributed by atoms with van der Waals surface area (Å²) in [5.41, 5.74) is 0.366. The van der Waals surface area contributed by atoms with E-state index in [2.05, 4.69) is 18.3 Å². The zero-order chi connectivity index (χ0) is 10.3. The van der Waals surface area contributed by atoms with Crippen LogP contribution in [0.3, 0.4) is 0 Å². The van der Waals surface area contributed by atoms with Crippen LogP contribution in [0.2, 0.25) is 0 Å². The van der Waals surface area contributed by atoms with Gasteiger partial charge in [-0.05, 0) is 50.3 Å². The number of furan rings is 1. The molecule has 0 radical (unpaired) electrons. The van der Waals surface area contributed by atoms with Crippen LogP contribution in [0.1, 0.15) is 38.4 Å². The van der Waals surface area contributed by atoms with Crippen molar-refractivity contribution in [2.75, 3.05) is 6.54 Å². The molecule has 1 aromatic rings. The van der Waals surface area contributed by atoms with Crippen LogP contribution < -0.4 is 5.32 Å². The van der Waals surface area contributed by atoms with Crippen molar-refractivity contribution in [3.63, 3.8) is 0 Å². The van der Waals surface area contributed by atoms with Crippen LogP contribution in [-0.4, -0.2) is 12.6 Å². The van der Waals surface area contributed by atoms with Crippen molar-refractivity contribution in [3.8, 4) is 0 Å². The van der Waals surface area contributed by atoms with E-state index in [-0.39, 0.29) is 0 Å². The van der Waals surface area contributed by atoms with Crippen LogP contribution in [0.25, 0.3) is 0 Å². The van der Waals surface area contributed by atoms with Gasteiger partial charge in [0, 0.05) is 11.5 Å². The molecular weight excluding hydrogens is 186 g/mol. The van der Waals surface area contributed by atoms with Crippen LogP contribution in [0.15, 0.2) is 22.8 Å². The fourth-order valence-corrected chi connectivity index (χ4v) is 2.72. The summed E-state index contributed by atoms with van der Waals surface area (Å²) in [5, 5.41) is 3.63. The van der Waals surface area contributed by atoms with Crippen molar-refractivity contribution in [3.05, 3.63) is 24.2 Å². The fraction of sp³-hybridized carbons (Fsp3) is 0.692. The molecule has 82 valence electrons. The highest BCUT2D eigenvalue weighted by Crippen LogP contribution is 2.56. The maximum absolute atomic E-state index is 5.58. The third-order valence-corrected chi connectivity index (χ3v) is 4.11. The zero-order valence-corrected chi connectivity index (χ0v) is 9.33. The molecule has 2 fully saturated rings. The van der Waals surface area contributed by atoms with Gasteiger partial charge in [0.2, 0.25) is 0 Å². The van der Waals surface area contributed by atoms with Crippen molar-refractivity contribution in [1.29, 1.82) is 0 Å². The first-order valence-corrected chi connectivity index (χ1v) is 6.12. The van der Waals surface area contributed by atoms with Crippen LogP contribution in [0.4, 0.5) is 0 Å². The molecule has 0 amide bonds. The standard InChI is InChI=1S/C13H19NO/c1-2-13(12-4-3-7-15-12)8-10(13)9-14-11-5-6-11/h3-4,7,10-11,14H,2,5-6,8-9H2,1H3. The van der Waals surface area contributed by atoms with Gasteiger partial charge in [0.05, 0.1) is 6.26 Å². The Kier molecular flexibility index (Phi) is 2.13. The molecule has 2 heteroatoms. The summed E-state index contributed by atoms with van der Waals surface area (Å²) in [6.07, 6.45) is 7.07. The highest BCUT2D eigenvalue weighted by molar-refractivity contribution is 5.26. The Hall–Kier alpha value is -0.760. The first kappa shape index (κ1) is 9.46. The third kappa shape index (κ3) is 1.61. The van der Waals surface area contributed by atoms with E-state index in [0.717, 1.165) is 12.0 Å². The second-order valence-corrected chi connectivity index (χ2v) is 5.07. The molecule has 0 aliphatic heterocycles. The average molecular weight is 205 g/mol. The molecule has 2 aliphatic carbocycles. The Bertz CT molecular complexity index is 328. The minimum Gasteiger partial charge on any atom is -0.469 e. The van der Waals surface area contributed by atoms with E-state index in [1.54, 1.807) is 6.26 Å². The summed E-state index contributed by atoms with van der Waals surface area (Å²) < 4.78 is 5.58. The van der Waals surface area contributed by atoms with Gasteiger partial charge < -0.3 is 9.73 Å². The fourth-order valence-electron chi connectivity index (χ4n) is 2.72. The summed E-state index contributed by atoms with van der Waals surface area (Å²) in [6, 6.07) is 4.98. The monoisotopic (exact) mass is 205 g/mol. The second-order valence-electron chi connectivity index (χ2n) is 5.07. The maximum Gasteiger partial charge on any atom is 0.110 e. The second kappa shape index (κ2) is 3.38. The van der Waals surface area contributed by atoms with Crippen molar-refractivity contribution in [2.45, 2.75) is 44.1 Å². The van der Waals surface area contributed by atoms with Crippen LogP contribution in [0.5, 0.6) is 0 Å². The van der Waals surface area contributed by atoms with E-state index in [4.69, 9.17) is 4.42 Å². The molecule has 15 heavy (non-hydrogen) atoms. The van der Waals surface area contributed by atoms with E-state index in [9.17, 15) is 0 Å². The molecule has 3 rings (SSSR count). The van der Waals surface area contributed by atoms with Gasteiger partial charge in [-0.3, -0.25) is 0 Å². The zero-order valence-electron chi connectivity index (χ0n) is 9.33. The van der Waals surface area contributed by atoms with Gasteiger partial charge in [-0.15, -0.1) is 0 Å². The molecule has 2 atom stereocenters. The summed E-state index contributed by atoms with van der Waals surface area (Å²) >= 11 is 0. The lowest BCUT2D eigenvalue weighted by molar-refractivity contribution is 0.414. The quantitative estimate of drug-likeness (QED) is 0.799. The first-order chi connectivity index (χ1) is 7.35. The Labute approximate surface area is 91.0 Å². The predicted molar refractivity (Wildman–Crippen MR) is 59.8 cm³/mol. The molecule has 1 N–H and O–H groups in total. The van der Waals surface area contributed by atoms with Crippen LogP contribution >= 0.6 is 0 Å². The van der Waals surface area contributed by atoms with E-state index in [1.807, 2.05) is 6.07 Å². The lowest BCUT2D eigenvalue weighted by atomic mass is 9.97. The van der Waals surface area contributed by atoms with Crippen molar-refractivity contribution < 1.29 is 4.42 Å². The topological polar surface area (TPSA) is 25.2 Å². The molecule has 2 aliphatic rings. The number of hydrogen-bond acceptors (Lipinski definition) is 2. The van der Waals surface area contributed by atoms with Crippen molar-refractivity contribution >= 4 is 0 Å². The minimum absolute atomic E-state index is 0.366. The SMILES string of the molecule is CCC1(c2ccco2)CC1CNC1CC1. The molecule has 0 spiro atoms. The third-order valence-electron chi connectivity index (χ3n) is 4.11. The lowest BCUT2D eigenvalue weighted by Crippen LogP contribution is -2.22. The Morgan fingerprint density at radius 1 is 1.53 bits per heavy atom. The van der Waals surface area contributed by atoms with E-state index < -0.39 is 0 Å². The van der Waals surface area contributed by atoms with Gasteiger partial charge in [-0.25, -0.2) is 0 Å². The van der Waals surface area contributed by atoms with Crippen LogP contribution in [-0.2, 0) is 5.41 Å². The largest absolute Gasteiger partial charge is 0.469 e. The molecule has 0 aromatic carbocycles. The summed E-state index contributed by atoms with van der Waals surface area (Å²) in [7, 11) is 0. The van der Waals surface area contributed by atoms with Gasteiger partial charge in [0.15, 0.2) is 0 Å². The predicted octanol–water partition coefficient (Wildman–Crippen LogP) is 2.70. The minimum atomic E-state index is 0.366. The number of nitrogens with one attached hydrogen (secondary N) is 1. The summed E-state index contributed by atoms with van der Waals surface area (Å²) in [5.74, 6) is 2.00. The Balaban J connectivity index is 1.63. The van der Waals surface area contributed by atoms with Gasteiger partial charge in [-0.2, -0.15) is 0 Å². The smallest absolute Gasteiger partial charge is 0.110 e. The van der Waals surface area contributed by atoms with Crippen molar-refractivity contribution in [2.24, 2.45) is 5.92 Å². The maximum atomic E-state index is 5.58. The molecule has 2 saturated carbocycles. The molecule has 1 heterocycles. The Morgan fingerprint density at radius 3 is 3.00 bits per heavy atom. The summed E-state index contributed by atoms with van der Waals surface area (Å²) in [6.45, 7) is 3.46. The lowest BCUT2D eigenvalue weighted by Gasteiger charge is -2.12. The highest BCUT2D eigenvalue weighted by Gasteiger charge is 2.55. The average Bonchev–Trinajstić information content (AvgIpc) is 3.15. The van der Waals surface area contributed by atoms with Crippen molar-refractivity contribution in [1.82, 2.24) is 5.32 Å². The van der Waals surface area contributed by atoms with Crippen LogP contribution in [0, 0.1) is 5.92 Å². The van der Waals surface area contributed by atoms with Gasteiger partial charge in [-0.1, -0.05) is 6.92 Å². The first-order valence-electron chi connectivity index (χ1n) is 6.12. The number of rotatable bonds is 5. The molecule has 2 unspecified atom stereocenters. The number of hydrogen-bond donors (Lipinski definition) is 1. The molecule has 0 bridgehead atoms. The van der Waals surface area contributed by atoms with E-state index in [0.29, 0.717) is 5.41 Å². The Morgan fingerprint density at radius 2 is 2.40 bits per heavy atom. The van der Waals surface area contributed by atoms with E-state index >= 15 is 0 Å². The molecule has 1 aromatic heterocycles. The summed E-state index contributed by atoms with van der Waals surface area (Å²) in [4.78, 5) is 0. The van der Waals surface area contributed by atoms with Gasteiger partial charge in [0.1, 0.15) is 5.76 Å².